The van der Waals surface area contributed by atoms with E-state index < -0.39 is 0 Å². The monoisotopic (exact) mass is 370 g/mol. The highest BCUT2D eigenvalue weighted by atomic mass is 16.5. The standard InChI is InChI=1S/C22H30N2O3/c1-16(2)27-20-10-8-19(9-11-20)23-22(26)18-14-21(25)24(15-18)13-12-17-6-4-3-5-7-17/h6,8-11,16,18H,3-5,7,12-15H2,1-2H3,(H,23,26). The van der Waals surface area contributed by atoms with Crippen molar-refractivity contribution in [3.8, 4) is 5.75 Å². The zero-order chi connectivity index (χ0) is 19.2. The maximum atomic E-state index is 12.5. The van der Waals surface area contributed by atoms with E-state index in [-0.39, 0.29) is 23.8 Å². The van der Waals surface area contributed by atoms with Gasteiger partial charge in [0.2, 0.25) is 11.8 Å². The van der Waals surface area contributed by atoms with E-state index >= 15 is 0 Å². The number of carbonyl (C=O) groups is 2. The van der Waals surface area contributed by atoms with Crippen LogP contribution in [0.2, 0.25) is 0 Å². The highest BCUT2D eigenvalue weighted by Crippen LogP contribution is 2.24. The van der Waals surface area contributed by atoms with Gasteiger partial charge >= 0.3 is 0 Å². The summed E-state index contributed by atoms with van der Waals surface area (Å²) in [6.45, 7) is 5.20. The van der Waals surface area contributed by atoms with Gasteiger partial charge in [-0.3, -0.25) is 9.59 Å². The molecule has 2 amide bonds. The molecule has 0 radical (unpaired) electrons. The van der Waals surface area contributed by atoms with E-state index in [2.05, 4.69) is 11.4 Å². The van der Waals surface area contributed by atoms with Gasteiger partial charge in [0.05, 0.1) is 12.0 Å². The molecular weight excluding hydrogens is 340 g/mol. The van der Waals surface area contributed by atoms with Gasteiger partial charge in [-0.15, -0.1) is 0 Å². The molecule has 1 aromatic carbocycles. The Balaban J connectivity index is 1.48. The number of amides is 2. The lowest BCUT2D eigenvalue weighted by atomic mass is 9.97. The molecule has 0 saturated carbocycles. The van der Waals surface area contributed by atoms with Gasteiger partial charge in [0.1, 0.15) is 5.75 Å². The second-order valence-corrected chi connectivity index (χ2v) is 7.78. The summed E-state index contributed by atoms with van der Waals surface area (Å²) in [5.74, 6) is 0.513. The van der Waals surface area contributed by atoms with E-state index in [9.17, 15) is 9.59 Å². The molecule has 1 N–H and O–H groups in total. The number of anilines is 1. The Morgan fingerprint density at radius 3 is 2.70 bits per heavy atom. The Kier molecular flexibility index (Phi) is 6.54. The molecule has 0 spiro atoms. The Bertz CT molecular complexity index is 694. The van der Waals surface area contributed by atoms with E-state index in [4.69, 9.17) is 4.74 Å². The number of likely N-dealkylation sites (tertiary alicyclic amines) is 1. The Labute approximate surface area is 161 Å². The Morgan fingerprint density at radius 2 is 2.04 bits per heavy atom. The van der Waals surface area contributed by atoms with Gasteiger partial charge in [-0.05, 0) is 70.2 Å². The van der Waals surface area contributed by atoms with Crippen molar-refractivity contribution in [1.29, 1.82) is 0 Å². The van der Waals surface area contributed by atoms with Crippen molar-refractivity contribution < 1.29 is 14.3 Å². The predicted molar refractivity (Wildman–Crippen MR) is 107 cm³/mol. The number of hydrogen-bond acceptors (Lipinski definition) is 3. The van der Waals surface area contributed by atoms with Crippen molar-refractivity contribution in [3.63, 3.8) is 0 Å². The molecule has 1 unspecified atom stereocenters. The second kappa shape index (κ2) is 9.07. The molecule has 0 aromatic heterocycles. The molecule has 5 heteroatoms. The summed E-state index contributed by atoms with van der Waals surface area (Å²) < 4.78 is 5.61. The number of nitrogens with zero attached hydrogens (tertiary/aromatic N) is 1. The molecule has 3 rings (SSSR count). The largest absolute Gasteiger partial charge is 0.491 e. The number of hydrogen-bond donors (Lipinski definition) is 1. The van der Waals surface area contributed by atoms with Gasteiger partial charge < -0.3 is 15.0 Å². The minimum atomic E-state index is -0.274. The van der Waals surface area contributed by atoms with Gasteiger partial charge in [-0.25, -0.2) is 0 Å². The van der Waals surface area contributed by atoms with Crippen LogP contribution in [0.15, 0.2) is 35.9 Å². The summed E-state index contributed by atoms with van der Waals surface area (Å²) in [7, 11) is 0. The number of allylic oxidation sites excluding steroid dienone is 1. The van der Waals surface area contributed by atoms with Crippen molar-refractivity contribution in [2.75, 3.05) is 18.4 Å². The zero-order valence-electron chi connectivity index (χ0n) is 16.4. The number of rotatable bonds is 7. The first-order chi connectivity index (χ1) is 13.0. The van der Waals surface area contributed by atoms with Crippen molar-refractivity contribution in [3.05, 3.63) is 35.9 Å². The lowest BCUT2D eigenvalue weighted by Gasteiger charge is -2.19. The van der Waals surface area contributed by atoms with Gasteiger partial charge in [0, 0.05) is 25.2 Å². The average molecular weight is 370 g/mol. The van der Waals surface area contributed by atoms with E-state index in [0.29, 0.717) is 13.0 Å². The average Bonchev–Trinajstić information content (AvgIpc) is 3.03. The third-order valence-corrected chi connectivity index (χ3v) is 5.17. The van der Waals surface area contributed by atoms with E-state index in [1.165, 1.54) is 18.4 Å². The Morgan fingerprint density at radius 1 is 1.26 bits per heavy atom. The van der Waals surface area contributed by atoms with Gasteiger partial charge in [-0.2, -0.15) is 0 Å². The van der Waals surface area contributed by atoms with E-state index in [1.54, 1.807) is 0 Å². The third-order valence-electron chi connectivity index (χ3n) is 5.17. The van der Waals surface area contributed by atoms with Gasteiger partial charge in [0.15, 0.2) is 0 Å². The molecule has 1 aliphatic carbocycles. The topological polar surface area (TPSA) is 58.6 Å². The van der Waals surface area contributed by atoms with Crippen LogP contribution in [0.1, 0.15) is 52.4 Å². The Hall–Kier alpha value is -2.30. The minimum absolute atomic E-state index is 0.0831. The normalized spacial score (nSPS) is 20.0. The molecule has 1 saturated heterocycles. The minimum Gasteiger partial charge on any atom is -0.491 e. The van der Waals surface area contributed by atoms with E-state index in [1.807, 2.05) is 43.0 Å². The summed E-state index contributed by atoms with van der Waals surface area (Å²) in [4.78, 5) is 26.7. The molecule has 2 aliphatic rings. The van der Waals surface area contributed by atoms with Crippen molar-refractivity contribution >= 4 is 17.5 Å². The number of benzene rings is 1. The highest BCUT2D eigenvalue weighted by Gasteiger charge is 2.34. The molecule has 1 aromatic rings. The van der Waals surface area contributed by atoms with Crippen LogP contribution >= 0.6 is 0 Å². The molecule has 146 valence electrons. The second-order valence-electron chi connectivity index (χ2n) is 7.78. The fourth-order valence-corrected chi connectivity index (χ4v) is 3.71. The molecule has 1 atom stereocenters. The number of ether oxygens (including phenoxy) is 1. The molecule has 5 nitrogen and oxygen atoms in total. The summed E-state index contributed by atoms with van der Waals surface area (Å²) in [5, 5.41) is 2.93. The van der Waals surface area contributed by atoms with Gasteiger partial charge in [-0.1, -0.05) is 11.6 Å². The SMILES string of the molecule is CC(C)Oc1ccc(NC(=O)C2CC(=O)N(CCC3=CCCCC3)C2)cc1. The molecule has 1 fully saturated rings. The molecule has 1 aliphatic heterocycles. The summed E-state index contributed by atoms with van der Waals surface area (Å²) >= 11 is 0. The number of carbonyl (C=O) groups excluding carboxylic acids is 2. The van der Waals surface area contributed by atoms with Gasteiger partial charge in [0.25, 0.3) is 0 Å². The molecule has 27 heavy (non-hydrogen) atoms. The molecular formula is C22H30N2O3. The predicted octanol–water partition coefficient (Wildman–Crippen LogP) is 4.15. The maximum absolute atomic E-state index is 12.5. The first-order valence-corrected chi connectivity index (χ1v) is 10.0. The zero-order valence-corrected chi connectivity index (χ0v) is 16.4. The molecule has 0 bridgehead atoms. The van der Waals surface area contributed by atoms with Crippen molar-refractivity contribution in [2.24, 2.45) is 5.92 Å². The first-order valence-electron chi connectivity index (χ1n) is 10.0. The van der Waals surface area contributed by atoms with Crippen LogP contribution in [0.4, 0.5) is 5.69 Å². The lowest BCUT2D eigenvalue weighted by Crippen LogP contribution is -2.29. The smallest absolute Gasteiger partial charge is 0.229 e. The van der Waals surface area contributed by atoms with Crippen LogP contribution < -0.4 is 10.1 Å². The van der Waals surface area contributed by atoms with Crippen molar-refractivity contribution in [2.45, 2.75) is 58.5 Å². The maximum Gasteiger partial charge on any atom is 0.229 e. The molecule has 1 heterocycles. The first kappa shape index (κ1) is 19.5. The quantitative estimate of drug-likeness (QED) is 0.734. The lowest BCUT2D eigenvalue weighted by molar-refractivity contribution is -0.128. The van der Waals surface area contributed by atoms with E-state index in [0.717, 1.165) is 37.2 Å². The van der Waals surface area contributed by atoms with Crippen LogP contribution in [-0.2, 0) is 9.59 Å². The summed E-state index contributed by atoms with van der Waals surface area (Å²) in [6.07, 6.45) is 8.53. The fourth-order valence-electron chi connectivity index (χ4n) is 3.71. The number of nitrogens with one attached hydrogen (secondary N) is 1. The van der Waals surface area contributed by atoms with Crippen LogP contribution in [0, 0.1) is 5.92 Å². The van der Waals surface area contributed by atoms with Crippen LogP contribution in [0.5, 0.6) is 5.75 Å². The third kappa shape index (κ3) is 5.59. The van der Waals surface area contributed by atoms with Crippen LogP contribution in [0.3, 0.4) is 0 Å². The summed E-state index contributed by atoms with van der Waals surface area (Å²) in [6, 6.07) is 7.36. The fraction of sp³-hybridized carbons (Fsp3) is 0.545. The van der Waals surface area contributed by atoms with Crippen molar-refractivity contribution in [1.82, 2.24) is 4.90 Å². The summed E-state index contributed by atoms with van der Waals surface area (Å²) in [5.41, 5.74) is 2.19. The van der Waals surface area contributed by atoms with Crippen LogP contribution in [-0.4, -0.2) is 35.9 Å². The highest BCUT2D eigenvalue weighted by molar-refractivity contribution is 5.97. The van der Waals surface area contributed by atoms with Crippen LogP contribution in [0.25, 0.3) is 0 Å².